The summed E-state index contributed by atoms with van der Waals surface area (Å²) in [6, 6.07) is 12.2. The second-order valence-electron chi connectivity index (χ2n) is 5.49. The highest BCUT2D eigenvalue weighted by Crippen LogP contribution is 2.35. The summed E-state index contributed by atoms with van der Waals surface area (Å²) in [5, 5.41) is 8.36. The maximum Gasteiger partial charge on any atom is 0.325 e. The third-order valence-corrected chi connectivity index (χ3v) is 4.64. The Bertz CT molecular complexity index is 960. The van der Waals surface area contributed by atoms with Crippen LogP contribution in [-0.2, 0) is 0 Å². The Labute approximate surface area is 158 Å². The van der Waals surface area contributed by atoms with Crippen LogP contribution in [0.3, 0.4) is 0 Å². The van der Waals surface area contributed by atoms with E-state index in [4.69, 9.17) is 21.1 Å². The number of nitrogens with one attached hydrogen (secondary N) is 2. The van der Waals surface area contributed by atoms with E-state index in [0.29, 0.717) is 34.8 Å². The van der Waals surface area contributed by atoms with E-state index in [2.05, 4.69) is 15.6 Å². The standard InChI is InChI=1S/C18H14ClN3O3S/c19-12-2-1-3-13(9-12)20-17(23)22-18-21-14(10-26-18)11-4-5-15-16(8-11)25-7-6-24-15/h1-5,8-10H,6-7H2,(H2,20,21,22,23). The molecule has 0 saturated carbocycles. The lowest BCUT2D eigenvalue weighted by Gasteiger charge is -2.18. The third-order valence-electron chi connectivity index (χ3n) is 3.65. The molecular formula is C18H14ClN3O3S. The van der Waals surface area contributed by atoms with Gasteiger partial charge in [-0.1, -0.05) is 17.7 Å². The second kappa shape index (κ2) is 7.23. The van der Waals surface area contributed by atoms with Crippen LogP contribution in [-0.4, -0.2) is 24.2 Å². The lowest BCUT2D eigenvalue weighted by atomic mass is 10.1. The fourth-order valence-corrected chi connectivity index (χ4v) is 3.40. The topological polar surface area (TPSA) is 72.5 Å². The summed E-state index contributed by atoms with van der Waals surface area (Å²) in [6.45, 7) is 1.09. The fourth-order valence-electron chi connectivity index (χ4n) is 2.49. The third kappa shape index (κ3) is 3.74. The smallest absolute Gasteiger partial charge is 0.325 e. The molecule has 1 aromatic heterocycles. The molecule has 0 radical (unpaired) electrons. The van der Waals surface area contributed by atoms with Crippen molar-refractivity contribution in [2.45, 2.75) is 0 Å². The van der Waals surface area contributed by atoms with Gasteiger partial charge in [-0.05, 0) is 36.4 Å². The number of anilines is 2. The zero-order valence-corrected chi connectivity index (χ0v) is 15.1. The minimum absolute atomic E-state index is 0.379. The maximum absolute atomic E-state index is 12.1. The molecule has 2 aromatic carbocycles. The first-order chi connectivity index (χ1) is 12.7. The van der Waals surface area contributed by atoms with Crippen LogP contribution in [0.2, 0.25) is 5.02 Å². The van der Waals surface area contributed by atoms with Gasteiger partial charge in [0.25, 0.3) is 0 Å². The Hall–Kier alpha value is -2.77. The summed E-state index contributed by atoms with van der Waals surface area (Å²) in [6.07, 6.45) is 0. The highest BCUT2D eigenvalue weighted by molar-refractivity contribution is 7.14. The largest absolute Gasteiger partial charge is 0.486 e. The van der Waals surface area contributed by atoms with Crippen LogP contribution in [0, 0.1) is 0 Å². The van der Waals surface area contributed by atoms with Crippen molar-refractivity contribution in [2.24, 2.45) is 0 Å². The number of fused-ring (bicyclic) bond motifs is 1. The Morgan fingerprint density at radius 2 is 1.92 bits per heavy atom. The average molecular weight is 388 g/mol. The van der Waals surface area contributed by atoms with Crippen molar-refractivity contribution < 1.29 is 14.3 Å². The Morgan fingerprint density at radius 1 is 1.08 bits per heavy atom. The molecule has 6 nitrogen and oxygen atoms in total. The number of hydrogen-bond donors (Lipinski definition) is 2. The number of carbonyl (C=O) groups is 1. The quantitative estimate of drug-likeness (QED) is 0.671. The van der Waals surface area contributed by atoms with Crippen LogP contribution < -0.4 is 20.1 Å². The molecule has 0 aliphatic carbocycles. The van der Waals surface area contributed by atoms with Gasteiger partial charge in [0.2, 0.25) is 0 Å². The van der Waals surface area contributed by atoms with E-state index in [9.17, 15) is 4.79 Å². The first-order valence-electron chi connectivity index (χ1n) is 7.86. The molecular weight excluding hydrogens is 374 g/mol. The Balaban J connectivity index is 1.45. The fraction of sp³-hybridized carbons (Fsp3) is 0.111. The molecule has 2 heterocycles. The van der Waals surface area contributed by atoms with E-state index in [1.165, 1.54) is 11.3 Å². The highest BCUT2D eigenvalue weighted by atomic mass is 35.5. The van der Waals surface area contributed by atoms with E-state index >= 15 is 0 Å². The van der Waals surface area contributed by atoms with Gasteiger partial charge in [0.1, 0.15) is 13.2 Å². The van der Waals surface area contributed by atoms with Gasteiger partial charge in [0, 0.05) is 21.7 Å². The van der Waals surface area contributed by atoms with Gasteiger partial charge in [0.15, 0.2) is 16.6 Å². The monoisotopic (exact) mass is 387 g/mol. The predicted molar refractivity (Wildman–Crippen MR) is 103 cm³/mol. The van der Waals surface area contributed by atoms with Crippen LogP contribution in [0.5, 0.6) is 11.5 Å². The van der Waals surface area contributed by atoms with Crippen molar-refractivity contribution in [3.63, 3.8) is 0 Å². The number of rotatable bonds is 3. The molecule has 0 spiro atoms. The van der Waals surface area contributed by atoms with E-state index in [1.54, 1.807) is 24.3 Å². The number of nitrogens with zero attached hydrogens (tertiary/aromatic N) is 1. The van der Waals surface area contributed by atoms with Crippen molar-refractivity contribution in [3.8, 4) is 22.8 Å². The van der Waals surface area contributed by atoms with E-state index in [0.717, 1.165) is 17.0 Å². The molecule has 8 heteroatoms. The predicted octanol–water partition coefficient (Wildman–Crippen LogP) is 4.88. The van der Waals surface area contributed by atoms with Gasteiger partial charge in [-0.15, -0.1) is 11.3 Å². The summed E-state index contributed by atoms with van der Waals surface area (Å²) < 4.78 is 11.1. The van der Waals surface area contributed by atoms with E-state index < -0.39 is 0 Å². The Kier molecular flexibility index (Phi) is 4.64. The van der Waals surface area contributed by atoms with Gasteiger partial charge in [-0.25, -0.2) is 9.78 Å². The molecule has 0 saturated heterocycles. The molecule has 0 fully saturated rings. The molecule has 4 rings (SSSR count). The maximum atomic E-state index is 12.1. The van der Waals surface area contributed by atoms with Crippen molar-refractivity contribution >= 4 is 39.8 Å². The molecule has 0 bridgehead atoms. The number of benzene rings is 2. The number of aromatic nitrogens is 1. The number of halogens is 1. The molecule has 1 aliphatic heterocycles. The molecule has 0 atom stereocenters. The van der Waals surface area contributed by atoms with Crippen molar-refractivity contribution in [3.05, 3.63) is 52.9 Å². The van der Waals surface area contributed by atoms with Gasteiger partial charge >= 0.3 is 6.03 Å². The number of amides is 2. The zero-order chi connectivity index (χ0) is 17.9. The van der Waals surface area contributed by atoms with Crippen LogP contribution in [0.4, 0.5) is 15.6 Å². The number of urea groups is 1. The molecule has 0 unspecified atom stereocenters. The van der Waals surface area contributed by atoms with E-state index in [-0.39, 0.29) is 6.03 Å². The first-order valence-corrected chi connectivity index (χ1v) is 9.12. The van der Waals surface area contributed by atoms with Crippen molar-refractivity contribution in [1.29, 1.82) is 0 Å². The Morgan fingerprint density at radius 3 is 2.77 bits per heavy atom. The van der Waals surface area contributed by atoms with Gasteiger partial charge in [-0.3, -0.25) is 5.32 Å². The SMILES string of the molecule is O=C(Nc1cccc(Cl)c1)Nc1nc(-c2ccc3c(c2)OCCO3)cs1. The summed E-state index contributed by atoms with van der Waals surface area (Å²) in [4.78, 5) is 16.5. The summed E-state index contributed by atoms with van der Waals surface area (Å²) >= 11 is 7.25. The molecule has 26 heavy (non-hydrogen) atoms. The highest BCUT2D eigenvalue weighted by Gasteiger charge is 2.14. The zero-order valence-electron chi connectivity index (χ0n) is 13.5. The van der Waals surface area contributed by atoms with Crippen LogP contribution in [0.25, 0.3) is 11.3 Å². The van der Waals surface area contributed by atoms with E-state index in [1.807, 2.05) is 23.6 Å². The molecule has 2 N–H and O–H groups in total. The normalized spacial score (nSPS) is 12.5. The molecule has 3 aromatic rings. The number of ether oxygens (including phenoxy) is 2. The summed E-state index contributed by atoms with van der Waals surface area (Å²) in [5.41, 5.74) is 2.26. The van der Waals surface area contributed by atoms with Gasteiger partial charge in [-0.2, -0.15) is 0 Å². The van der Waals surface area contributed by atoms with Crippen LogP contribution in [0.15, 0.2) is 47.8 Å². The molecule has 132 valence electrons. The first kappa shape index (κ1) is 16.7. The number of thiazole rings is 1. The van der Waals surface area contributed by atoms with Crippen molar-refractivity contribution in [1.82, 2.24) is 4.98 Å². The molecule has 1 aliphatic rings. The van der Waals surface area contributed by atoms with Crippen LogP contribution >= 0.6 is 22.9 Å². The lowest BCUT2D eigenvalue weighted by molar-refractivity contribution is 0.171. The lowest BCUT2D eigenvalue weighted by Crippen LogP contribution is -2.19. The van der Waals surface area contributed by atoms with Gasteiger partial charge < -0.3 is 14.8 Å². The average Bonchev–Trinajstić information content (AvgIpc) is 3.09. The van der Waals surface area contributed by atoms with Crippen molar-refractivity contribution in [2.75, 3.05) is 23.8 Å². The van der Waals surface area contributed by atoms with Gasteiger partial charge in [0.05, 0.1) is 5.69 Å². The summed E-state index contributed by atoms with van der Waals surface area (Å²) in [5.74, 6) is 1.43. The minimum Gasteiger partial charge on any atom is -0.486 e. The molecule has 2 amide bonds. The summed E-state index contributed by atoms with van der Waals surface area (Å²) in [7, 11) is 0. The minimum atomic E-state index is -0.379. The second-order valence-corrected chi connectivity index (χ2v) is 6.78. The number of carbonyl (C=O) groups excluding carboxylic acids is 1. The van der Waals surface area contributed by atoms with Crippen LogP contribution in [0.1, 0.15) is 0 Å². The number of hydrogen-bond acceptors (Lipinski definition) is 5.